The Labute approximate surface area is 148 Å². The Hall–Kier alpha value is -1.85. The zero-order chi connectivity index (χ0) is 18.3. The summed E-state index contributed by atoms with van der Waals surface area (Å²) in [6, 6.07) is 15.2. The molecule has 2 aromatic carbocycles. The van der Waals surface area contributed by atoms with E-state index < -0.39 is 13.4 Å². The summed E-state index contributed by atoms with van der Waals surface area (Å²) in [5, 5.41) is 3.27. The molecule has 0 fully saturated rings. The van der Waals surface area contributed by atoms with Gasteiger partial charge in [0.2, 0.25) is 0 Å². The van der Waals surface area contributed by atoms with Crippen LogP contribution >= 0.6 is 7.60 Å². The molecule has 2 aromatic rings. The van der Waals surface area contributed by atoms with Gasteiger partial charge in [-0.1, -0.05) is 36.4 Å². The minimum Gasteiger partial charge on any atom is -0.493 e. The van der Waals surface area contributed by atoms with Crippen LogP contribution in [0.4, 0.5) is 0 Å². The molecule has 6 nitrogen and oxygen atoms in total. The lowest BCUT2D eigenvalue weighted by Crippen LogP contribution is -2.22. The first-order valence-corrected chi connectivity index (χ1v) is 9.39. The Morgan fingerprint density at radius 1 is 0.920 bits per heavy atom. The first-order valence-electron chi connectivity index (χ1n) is 7.78. The van der Waals surface area contributed by atoms with E-state index in [2.05, 4.69) is 5.32 Å². The maximum atomic E-state index is 13.0. The van der Waals surface area contributed by atoms with Gasteiger partial charge in [-0.3, -0.25) is 9.88 Å². The smallest absolute Gasteiger partial charge is 0.351 e. The Bertz CT molecular complexity index is 715. The summed E-state index contributed by atoms with van der Waals surface area (Å²) < 4.78 is 34.1. The standard InChI is InChI=1S/C18H24NO5P/c1-21-16-11-10-15(12-17(16)22-2)18(25(20,23-3)24-4)19-13-14-8-6-5-7-9-14/h5-12,18-19H,13H2,1-4H3. The third-order valence-electron chi connectivity index (χ3n) is 3.89. The quantitative estimate of drug-likeness (QED) is 0.678. The number of rotatable bonds is 9. The summed E-state index contributed by atoms with van der Waals surface area (Å²) in [7, 11) is 2.47. The van der Waals surface area contributed by atoms with E-state index in [9.17, 15) is 4.57 Å². The summed E-state index contributed by atoms with van der Waals surface area (Å²) in [6.45, 7) is 0.510. The molecule has 0 amide bonds. The van der Waals surface area contributed by atoms with Crippen molar-refractivity contribution in [2.75, 3.05) is 28.4 Å². The summed E-state index contributed by atoms with van der Waals surface area (Å²) in [6.07, 6.45) is 0. The van der Waals surface area contributed by atoms with Gasteiger partial charge in [0.25, 0.3) is 0 Å². The number of methoxy groups -OCH3 is 2. The van der Waals surface area contributed by atoms with E-state index in [0.717, 1.165) is 11.1 Å². The van der Waals surface area contributed by atoms with Gasteiger partial charge in [0.05, 0.1) is 14.2 Å². The van der Waals surface area contributed by atoms with Crippen LogP contribution in [0.5, 0.6) is 11.5 Å². The van der Waals surface area contributed by atoms with E-state index in [1.807, 2.05) is 36.4 Å². The summed E-state index contributed by atoms with van der Waals surface area (Å²) in [4.78, 5) is 0. The van der Waals surface area contributed by atoms with Gasteiger partial charge < -0.3 is 18.5 Å². The minimum atomic E-state index is -3.41. The fourth-order valence-electron chi connectivity index (χ4n) is 2.53. The lowest BCUT2D eigenvalue weighted by atomic mass is 10.1. The van der Waals surface area contributed by atoms with Gasteiger partial charge in [0.1, 0.15) is 5.78 Å². The summed E-state index contributed by atoms with van der Waals surface area (Å²) in [5.74, 6) is 0.491. The predicted octanol–water partition coefficient (Wildman–Crippen LogP) is 3.98. The van der Waals surface area contributed by atoms with Gasteiger partial charge in [0, 0.05) is 20.8 Å². The van der Waals surface area contributed by atoms with Crippen molar-refractivity contribution in [3.8, 4) is 11.5 Å². The molecule has 7 heteroatoms. The van der Waals surface area contributed by atoms with Gasteiger partial charge in [-0.05, 0) is 23.3 Å². The van der Waals surface area contributed by atoms with Crippen molar-refractivity contribution in [1.29, 1.82) is 0 Å². The molecule has 2 rings (SSSR count). The van der Waals surface area contributed by atoms with Gasteiger partial charge >= 0.3 is 7.60 Å². The molecular weight excluding hydrogens is 341 g/mol. The zero-order valence-corrected chi connectivity index (χ0v) is 15.8. The van der Waals surface area contributed by atoms with Crippen LogP contribution in [0.15, 0.2) is 48.5 Å². The Balaban J connectivity index is 2.36. The van der Waals surface area contributed by atoms with Crippen LogP contribution in [0.25, 0.3) is 0 Å². The maximum absolute atomic E-state index is 13.0. The summed E-state index contributed by atoms with van der Waals surface area (Å²) >= 11 is 0. The van der Waals surface area contributed by atoms with Crippen molar-refractivity contribution in [3.63, 3.8) is 0 Å². The van der Waals surface area contributed by atoms with Crippen molar-refractivity contribution < 1.29 is 23.1 Å². The van der Waals surface area contributed by atoms with Gasteiger partial charge in [-0.15, -0.1) is 0 Å². The topological polar surface area (TPSA) is 66.0 Å². The third kappa shape index (κ3) is 4.61. The number of hydrogen-bond donors (Lipinski definition) is 1. The third-order valence-corrected chi connectivity index (χ3v) is 6.02. The highest BCUT2D eigenvalue weighted by molar-refractivity contribution is 7.54. The molecule has 1 atom stereocenters. The van der Waals surface area contributed by atoms with E-state index in [0.29, 0.717) is 18.0 Å². The van der Waals surface area contributed by atoms with Crippen LogP contribution in [0.2, 0.25) is 0 Å². The van der Waals surface area contributed by atoms with Crippen molar-refractivity contribution in [2.24, 2.45) is 0 Å². The predicted molar refractivity (Wildman–Crippen MR) is 97.2 cm³/mol. The second-order valence-electron chi connectivity index (χ2n) is 5.29. The molecule has 1 unspecified atom stereocenters. The summed E-state index contributed by atoms with van der Waals surface area (Å²) in [5.41, 5.74) is 1.78. The highest BCUT2D eigenvalue weighted by Gasteiger charge is 2.35. The molecule has 25 heavy (non-hydrogen) atoms. The Kier molecular flexibility index (Phi) is 7.02. The molecule has 0 bridgehead atoms. The van der Waals surface area contributed by atoms with Crippen LogP contribution in [0, 0.1) is 0 Å². The number of hydrogen-bond acceptors (Lipinski definition) is 6. The second-order valence-corrected chi connectivity index (χ2v) is 7.61. The van der Waals surface area contributed by atoms with Crippen molar-refractivity contribution >= 4 is 7.60 Å². The van der Waals surface area contributed by atoms with Gasteiger partial charge in [-0.25, -0.2) is 0 Å². The van der Waals surface area contributed by atoms with Crippen LogP contribution < -0.4 is 14.8 Å². The van der Waals surface area contributed by atoms with Crippen molar-refractivity contribution in [1.82, 2.24) is 5.32 Å². The van der Waals surface area contributed by atoms with E-state index in [-0.39, 0.29) is 0 Å². The second kappa shape index (κ2) is 9.02. The fourth-order valence-corrected chi connectivity index (χ4v) is 3.94. The number of benzene rings is 2. The Morgan fingerprint density at radius 3 is 2.12 bits per heavy atom. The van der Waals surface area contributed by atoms with Crippen molar-refractivity contribution in [2.45, 2.75) is 12.3 Å². The fraction of sp³-hybridized carbons (Fsp3) is 0.333. The first-order chi connectivity index (χ1) is 12.1. The molecule has 0 saturated heterocycles. The zero-order valence-electron chi connectivity index (χ0n) is 14.9. The Morgan fingerprint density at radius 2 is 1.56 bits per heavy atom. The highest BCUT2D eigenvalue weighted by Crippen LogP contribution is 2.59. The molecular formula is C18H24NO5P. The van der Waals surface area contributed by atoms with Crippen molar-refractivity contribution in [3.05, 3.63) is 59.7 Å². The minimum absolute atomic E-state index is 0.510. The normalized spacial score (nSPS) is 12.6. The molecule has 0 radical (unpaired) electrons. The van der Waals surface area contributed by atoms with E-state index in [4.69, 9.17) is 18.5 Å². The van der Waals surface area contributed by atoms with Gasteiger partial charge in [-0.2, -0.15) is 0 Å². The van der Waals surface area contributed by atoms with Crippen LogP contribution in [-0.4, -0.2) is 28.4 Å². The maximum Gasteiger partial charge on any atom is 0.351 e. The highest BCUT2D eigenvalue weighted by atomic mass is 31.2. The van der Waals surface area contributed by atoms with Crippen LogP contribution in [0.1, 0.15) is 16.9 Å². The van der Waals surface area contributed by atoms with E-state index in [1.54, 1.807) is 26.4 Å². The lowest BCUT2D eigenvalue weighted by Gasteiger charge is -2.26. The molecule has 136 valence electrons. The molecule has 0 aliphatic carbocycles. The largest absolute Gasteiger partial charge is 0.493 e. The number of nitrogens with one attached hydrogen (secondary N) is 1. The average Bonchev–Trinajstić information content (AvgIpc) is 2.68. The van der Waals surface area contributed by atoms with E-state index in [1.165, 1.54) is 14.2 Å². The first kappa shape index (κ1) is 19.5. The molecule has 0 aliphatic rings. The van der Waals surface area contributed by atoms with Gasteiger partial charge in [0.15, 0.2) is 11.5 Å². The molecule has 0 saturated carbocycles. The van der Waals surface area contributed by atoms with E-state index >= 15 is 0 Å². The molecule has 0 heterocycles. The molecule has 0 spiro atoms. The molecule has 1 N–H and O–H groups in total. The monoisotopic (exact) mass is 365 g/mol. The van der Waals surface area contributed by atoms with Crippen LogP contribution in [0.3, 0.4) is 0 Å². The van der Waals surface area contributed by atoms with Crippen LogP contribution in [-0.2, 0) is 20.2 Å². The molecule has 0 aliphatic heterocycles. The SMILES string of the molecule is COc1ccc(C(NCc2ccccc2)P(=O)(OC)OC)cc1OC. The number of ether oxygens (including phenoxy) is 2. The molecule has 0 aromatic heterocycles. The average molecular weight is 365 g/mol. The lowest BCUT2D eigenvalue weighted by molar-refractivity contribution is 0.259.